The molecule has 1 heterocycles. The summed E-state index contributed by atoms with van der Waals surface area (Å²) in [6, 6.07) is 1.66. The van der Waals surface area contributed by atoms with Crippen molar-refractivity contribution >= 4 is 28.8 Å². The summed E-state index contributed by atoms with van der Waals surface area (Å²) in [5, 5.41) is 6.21. The van der Waals surface area contributed by atoms with Gasteiger partial charge in [0.15, 0.2) is 0 Å². The van der Waals surface area contributed by atoms with Crippen LogP contribution in [-0.2, 0) is 0 Å². The number of nitrogens with zero attached hydrogens (tertiary/aromatic N) is 2. The minimum Gasteiger partial charge on any atom is -0.396 e. The Kier molecular flexibility index (Phi) is 3.93. The zero-order valence-electron chi connectivity index (χ0n) is 10.8. The molecular formula is C12H12F2N4OS. The van der Waals surface area contributed by atoms with Crippen LogP contribution in [0, 0.1) is 11.6 Å². The topological polar surface area (TPSA) is 80.9 Å². The molecule has 1 aromatic carbocycles. The summed E-state index contributed by atoms with van der Waals surface area (Å²) in [6.45, 7) is 3.73. The Morgan fingerprint density at radius 3 is 2.70 bits per heavy atom. The minimum atomic E-state index is -0.895. The summed E-state index contributed by atoms with van der Waals surface area (Å²) in [5.41, 5.74) is 5.45. The van der Waals surface area contributed by atoms with Gasteiger partial charge < -0.3 is 11.1 Å². The maximum Gasteiger partial charge on any atom is 0.269 e. The van der Waals surface area contributed by atoms with Crippen LogP contribution in [-0.4, -0.2) is 15.5 Å². The number of nitrogen functional groups attached to an aromatic ring is 1. The Morgan fingerprint density at radius 1 is 1.35 bits per heavy atom. The molecule has 2 rings (SSSR count). The molecule has 2 aromatic rings. The lowest BCUT2D eigenvalue weighted by molar-refractivity contribution is 0.102. The first-order valence-electron chi connectivity index (χ1n) is 5.78. The quantitative estimate of drug-likeness (QED) is 0.854. The van der Waals surface area contributed by atoms with Gasteiger partial charge >= 0.3 is 0 Å². The third kappa shape index (κ3) is 2.74. The number of benzene rings is 1. The number of carbonyl (C=O) groups is 1. The van der Waals surface area contributed by atoms with Crippen molar-refractivity contribution in [2.45, 2.75) is 19.8 Å². The highest BCUT2D eigenvalue weighted by Gasteiger charge is 2.20. The molecule has 106 valence electrons. The van der Waals surface area contributed by atoms with E-state index in [1.807, 2.05) is 13.8 Å². The molecule has 8 heteroatoms. The van der Waals surface area contributed by atoms with Crippen molar-refractivity contribution in [2.75, 3.05) is 11.1 Å². The van der Waals surface area contributed by atoms with Crippen LogP contribution in [0.4, 0.5) is 20.2 Å². The third-order valence-electron chi connectivity index (χ3n) is 2.60. The molecule has 0 aliphatic carbocycles. The summed E-state index contributed by atoms with van der Waals surface area (Å²) >= 11 is 0.918. The van der Waals surface area contributed by atoms with Crippen molar-refractivity contribution in [1.82, 2.24) is 9.59 Å². The van der Waals surface area contributed by atoms with Crippen LogP contribution in [0.2, 0.25) is 0 Å². The minimum absolute atomic E-state index is 0.0117. The number of hydrogen-bond acceptors (Lipinski definition) is 5. The predicted octanol–water partition coefficient (Wildman–Crippen LogP) is 2.77. The lowest BCUT2D eigenvalue weighted by Crippen LogP contribution is -2.14. The molecule has 0 saturated carbocycles. The molecule has 3 N–H and O–H groups in total. The number of carbonyl (C=O) groups excluding carboxylic acids is 1. The first kappa shape index (κ1) is 14.3. The summed E-state index contributed by atoms with van der Waals surface area (Å²) in [6.07, 6.45) is 0. The molecule has 20 heavy (non-hydrogen) atoms. The number of nitrogens with two attached hydrogens (primary N) is 1. The number of rotatable bonds is 3. The van der Waals surface area contributed by atoms with E-state index in [0.717, 1.165) is 17.6 Å². The van der Waals surface area contributed by atoms with Crippen molar-refractivity contribution in [3.8, 4) is 0 Å². The van der Waals surface area contributed by atoms with Crippen molar-refractivity contribution in [3.63, 3.8) is 0 Å². The summed E-state index contributed by atoms with van der Waals surface area (Å²) in [7, 11) is 0. The lowest BCUT2D eigenvalue weighted by Gasteiger charge is -2.08. The van der Waals surface area contributed by atoms with Gasteiger partial charge in [-0.05, 0) is 23.5 Å². The second-order valence-corrected chi connectivity index (χ2v) is 5.20. The summed E-state index contributed by atoms with van der Waals surface area (Å²) in [4.78, 5) is 12.4. The Bertz CT molecular complexity index is 657. The summed E-state index contributed by atoms with van der Waals surface area (Å²) in [5.74, 6) is -2.30. The van der Waals surface area contributed by atoms with Crippen LogP contribution in [0.5, 0.6) is 0 Å². The molecule has 0 unspecified atom stereocenters. The van der Waals surface area contributed by atoms with Crippen molar-refractivity contribution in [1.29, 1.82) is 0 Å². The fourth-order valence-electron chi connectivity index (χ4n) is 1.57. The number of nitrogens with one attached hydrogen (secondary N) is 1. The molecule has 0 fully saturated rings. The van der Waals surface area contributed by atoms with Gasteiger partial charge in [0, 0.05) is 6.07 Å². The van der Waals surface area contributed by atoms with Gasteiger partial charge in [-0.2, -0.15) is 0 Å². The van der Waals surface area contributed by atoms with E-state index in [9.17, 15) is 13.6 Å². The van der Waals surface area contributed by atoms with E-state index < -0.39 is 17.5 Å². The molecule has 1 amide bonds. The monoisotopic (exact) mass is 298 g/mol. The molecule has 0 aliphatic heterocycles. The Morgan fingerprint density at radius 2 is 2.05 bits per heavy atom. The fourth-order valence-corrected chi connectivity index (χ4v) is 2.29. The number of amides is 1. The fraction of sp³-hybridized carbons (Fsp3) is 0.250. The molecule has 0 bridgehead atoms. The molecule has 0 spiro atoms. The second-order valence-electron chi connectivity index (χ2n) is 4.45. The Balaban J connectivity index is 2.28. The van der Waals surface area contributed by atoms with Crippen LogP contribution in [0.3, 0.4) is 0 Å². The van der Waals surface area contributed by atoms with Crippen LogP contribution in [0.1, 0.15) is 35.1 Å². The smallest absolute Gasteiger partial charge is 0.269 e. The predicted molar refractivity (Wildman–Crippen MR) is 72.7 cm³/mol. The van der Waals surface area contributed by atoms with Gasteiger partial charge in [0.25, 0.3) is 5.91 Å². The highest BCUT2D eigenvalue weighted by atomic mass is 32.1. The third-order valence-corrected chi connectivity index (χ3v) is 3.34. The zero-order valence-corrected chi connectivity index (χ0v) is 11.6. The molecular weight excluding hydrogens is 286 g/mol. The lowest BCUT2D eigenvalue weighted by atomic mass is 10.1. The largest absolute Gasteiger partial charge is 0.396 e. The number of hydrogen-bond donors (Lipinski definition) is 2. The molecule has 0 aliphatic rings. The summed E-state index contributed by atoms with van der Waals surface area (Å²) < 4.78 is 30.3. The van der Waals surface area contributed by atoms with E-state index in [4.69, 9.17) is 5.73 Å². The molecule has 0 saturated heterocycles. The Labute approximate surface area is 118 Å². The number of anilines is 2. The van der Waals surface area contributed by atoms with E-state index >= 15 is 0 Å². The van der Waals surface area contributed by atoms with Crippen molar-refractivity contribution < 1.29 is 13.6 Å². The number of halogens is 2. The van der Waals surface area contributed by atoms with E-state index in [1.165, 1.54) is 0 Å². The van der Waals surface area contributed by atoms with Gasteiger partial charge in [0.2, 0.25) is 0 Å². The van der Waals surface area contributed by atoms with E-state index in [2.05, 4.69) is 14.9 Å². The first-order chi connectivity index (χ1) is 9.40. The molecule has 0 radical (unpaired) electrons. The first-order valence-corrected chi connectivity index (χ1v) is 6.55. The average Bonchev–Trinajstić information content (AvgIpc) is 2.85. The van der Waals surface area contributed by atoms with Crippen LogP contribution in [0.15, 0.2) is 12.1 Å². The van der Waals surface area contributed by atoms with Crippen LogP contribution < -0.4 is 11.1 Å². The van der Waals surface area contributed by atoms with Gasteiger partial charge in [-0.25, -0.2) is 8.78 Å². The standard InChI is InChI=1S/C12H12F2N4OS/c1-5(2)10-11(20-18-17-10)12(19)16-9-4-8(15)6(13)3-7(9)14/h3-5H,15H2,1-2H3,(H,16,19). The van der Waals surface area contributed by atoms with E-state index in [-0.39, 0.29) is 17.3 Å². The van der Waals surface area contributed by atoms with Crippen LogP contribution >= 0.6 is 11.5 Å². The zero-order chi connectivity index (χ0) is 14.9. The van der Waals surface area contributed by atoms with Crippen molar-refractivity contribution in [3.05, 3.63) is 34.3 Å². The maximum atomic E-state index is 13.6. The van der Waals surface area contributed by atoms with Crippen LogP contribution in [0.25, 0.3) is 0 Å². The van der Waals surface area contributed by atoms with E-state index in [0.29, 0.717) is 16.6 Å². The van der Waals surface area contributed by atoms with Gasteiger partial charge in [0.1, 0.15) is 16.5 Å². The highest BCUT2D eigenvalue weighted by molar-refractivity contribution is 7.08. The highest BCUT2D eigenvalue weighted by Crippen LogP contribution is 2.24. The molecule has 0 atom stereocenters. The normalized spacial score (nSPS) is 10.8. The van der Waals surface area contributed by atoms with Gasteiger partial charge in [-0.15, -0.1) is 5.10 Å². The molecule has 5 nitrogen and oxygen atoms in total. The second kappa shape index (κ2) is 5.49. The maximum absolute atomic E-state index is 13.6. The SMILES string of the molecule is CC(C)c1nnsc1C(=O)Nc1cc(N)c(F)cc1F. The van der Waals surface area contributed by atoms with Crippen molar-refractivity contribution in [2.24, 2.45) is 0 Å². The van der Waals surface area contributed by atoms with Gasteiger partial charge in [0.05, 0.1) is 17.1 Å². The van der Waals surface area contributed by atoms with E-state index in [1.54, 1.807) is 0 Å². The number of aromatic nitrogens is 2. The molecule has 1 aromatic heterocycles. The van der Waals surface area contributed by atoms with Gasteiger partial charge in [-0.3, -0.25) is 4.79 Å². The average molecular weight is 298 g/mol. The van der Waals surface area contributed by atoms with Gasteiger partial charge in [-0.1, -0.05) is 18.3 Å². The Hall–Kier alpha value is -2.09.